The number of para-hydroxylation sites is 1. The Balaban J connectivity index is 0.00000280. The molecule has 2 aromatic rings. The van der Waals surface area contributed by atoms with Gasteiger partial charge in [0.25, 0.3) is 0 Å². The molecule has 1 saturated heterocycles. The van der Waals surface area contributed by atoms with Crippen molar-refractivity contribution in [2.75, 3.05) is 26.7 Å². The molecule has 3 rings (SSSR count). The van der Waals surface area contributed by atoms with Crippen molar-refractivity contribution in [3.8, 4) is 5.75 Å². The van der Waals surface area contributed by atoms with Crippen LogP contribution in [0.5, 0.6) is 5.75 Å². The van der Waals surface area contributed by atoms with E-state index in [-0.39, 0.29) is 30.1 Å². The highest BCUT2D eigenvalue weighted by Crippen LogP contribution is 2.18. The molecule has 1 fully saturated rings. The van der Waals surface area contributed by atoms with Gasteiger partial charge in [-0.05, 0) is 36.2 Å². The van der Waals surface area contributed by atoms with Crippen molar-refractivity contribution in [1.29, 1.82) is 0 Å². The Morgan fingerprint density at radius 3 is 2.36 bits per heavy atom. The van der Waals surface area contributed by atoms with Crippen LogP contribution in [-0.2, 0) is 6.42 Å². The van der Waals surface area contributed by atoms with Crippen LogP contribution >= 0.6 is 24.0 Å². The second-order valence-corrected chi connectivity index (χ2v) is 6.62. The van der Waals surface area contributed by atoms with E-state index in [1.165, 1.54) is 12.1 Å². The molecule has 0 amide bonds. The molecule has 152 valence electrons. The van der Waals surface area contributed by atoms with Gasteiger partial charge in [0, 0.05) is 45.6 Å². The lowest BCUT2D eigenvalue weighted by Crippen LogP contribution is -2.47. The zero-order valence-electron chi connectivity index (χ0n) is 15.9. The van der Waals surface area contributed by atoms with Crippen LogP contribution in [0.3, 0.4) is 0 Å². The van der Waals surface area contributed by atoms with Gasteiger partial charge in [-0.25, -0.2) is 8.78 Å². The molecule has 0 spiro atoms. The summed E-state index contributed by atoms with van der Waals surface area (Å²) in [4.78, 5) is 6.52. The topological polar surface area (TPSA) is 36.9 Å². The lowest BCUT2D eigenvalue weighted by Gasteiger charge is -2.34. The van der Waals surface area contributed by atoms with Crippen molar-refractivity contribution >= 4 is 29.9 Å². The third kappa shape index (κ3) is 6.61. The number of hydrogen-bond donors (Lipinski definition) is 1. The highest BCUT2D eigenvalue weighted by Gasteiger charge is 2.22. The number of likely N-dealkylation sites (tertiary alicyclic amines) is 1. The molecule has 7 heteroatoms. The maximum Gasteiger partial charge on any atom is 0.193 e. The molecule has 0 saturated carbocycles. The number of guanidine groups is 1. The summed E-state index contributed by atoms with van der Waals surface area (Å²) in [5.41, 5.74) is 0.630. The van der Waals surface area contributed by atoms with E-state index in [2.05, 4.69) is 15.2 Å². The molecule has 4 nitrogen and oxygen atoms in total. The molecular formula is C21H26F2IN3O. The third-order valence-electron chi connectivity index (χ3n) is 4.62. The molecule has 0 radical (unpaired) electrons. The fraction of sp³-hybridized carbons (Fsp3) is 0.381. The summed E-state index contributed by atoms with van der Waals surface area (Å²) in [5, 5.41) is 3.28. The van der Waals surface area contributed by atoms with Crippen LogP contribution in [0.4, 0.5) is 8.78 Å². The average molecular weight is 501 g/mol. The van der Waals surface area contributed by atoms with Gasteiger partial charge in [-0.1, -0.05) is 18.2 Å². The molecule has 1 aliphatic rings. The molecule has 0 aromatic heterocycles. The van der Waals surface area contributed by atoms with Crippen LogP contribution in [0.25, 0.3) is 0 Å². The third-order valence-corrected chi connectivity index (χ3v) is 4.62. The first-order chi connectivity index (χ1) is 13.1. The molecule has 1 N–H and O–H groups in total. The fourth-order valence-corrected chi connectivity index (χ4v) is 3.28. The zero-order valence-corrected chi connectivity index (χ0v) is 18.2. The predicted molar refractivity (Wildman–Crippen MR) is 119 cm³/mol. The monoisotopic (exact) mass is 501 g/mol. The summed E-state index contributed by atoms with van der Waals surface area (Å²) in [6.45, 7) is 2.27. The Hall–Kier alpha value is -1.90. The second-order valence-electron chi connectivity index (χ2n) is 6.62. The average Bonchev–Trinajstić information content (AvgIpc) is 2.66. The zero-order chi connectivity index (χ0) is 19.1. The largest absolute Gasteiger partial charge is 0.490 e. The number of aliphatic imine (C=N–C) groups is 1. The van der Waals surface area contributed by atoms with Crippen LogP contribution < -0.4 is 10.1 Å². The van der Waals surface area contributed by atoms with Gasteiger partial charge in [-0.15, -0.1) is 24.0 Å². The first kappa shape index (κ1) is 22.4. The van der Waals surface area contributed by atoms with Gasteiger partial charge in [0.15, 0.2) is 5.96 Å². The molecule has 0 aliphatic carbocycles. The van der Waals surface area contributed by atoms with Crippen molar-refractivity contribution < 1.29 is 13.5 Å². The Bertz CT molecular complexity index is 745. The molecule has 28 heavy (non-hydrogen) atoms. The van der Waals surface area contributed by atoms with E-state index in [4.69, 9.17) is 4.74 Å². The van der Waals surface area contributed by atoms with Gasteiger partial charge in [0.1, 0.15) is 23.5 Å². The molecule has 0 unspecified atom stereocenters. The quantitative estimate of drug-likeness (QED) is 0.379. The van der Waals surface area contributed by atoms with E-state index in [0.29, 0.717) is 18.5 Å². The molecular weight excluding hydrogens is 475 g/mol. The first-order valence-corrected chi connectivity index (χ1v) is 9.26. The van der Waals surface area contributed by atoms with E-state index >= 15 is 0 Å². The second kappa shape index (κ2) is 11.2. The number of nitrogens with zero attached hydrogens (tertiary/aromatic N) is 2. The standard InChI is InChI=1S/C21H25F2N3O.HI/c1-24-21(25-10-7-16-13-17(22)15-18(23)14-16)26-11-8-20(9-12-26)27-19-5-3-2-4-6-19;/h2-6,13-15,20H,7-12H2,1H3,(H,24,25);1H. The summed E-state index contributed by atoms with van der Waals surface area (Å²) < 4.78 is 32.5. The number of piperidine rings is 1. The van der Waals surface area contributed by atoms with Gasteiger partial charge < -0.3 is 15.0 Å². The number of halogens is 3. The number of nitrogens with one attached hydrogen (secondary N) is 1. The van der Waals surface area contributed by atoms with Gasteiger partial charge in [0.05, 0.1) is 0 Å². The minimum atomic E-state index is -0.546. The summed E-state index contributed by atoms with van der Waals surface area (Å²) in [6, 6.07) is 13.5. The molecule has 1 aliphatic heterocycles. The maximum absolute atomic E-state index is 13.3. The molecule has 0 atom stereocenters. The van der Waals surface area contributed by atoms with Crippen LogP contribution in [0.2, 0.25) is 0 Å². The van der Waals surface area contributed by atoms with Crippen molar-refractivity contribution in [3.05, 3.63) is 65.7 Å². The van der Waals surface area contributed by atoms with Crippen LogP contribution in [0.1, 0.15) is 18.4 Å². The Morgan fingerprint density at radius 2 is 1.75 bits per heavy atom. The summed E-state index contributed by atoms with van der Waals surface area (Å²) >= 11 is 0. The van der Waals surface area contributed by atoms with E-state index < -0.39 is 11.6 Å². The number of rotatable bonds is 5. The number of hydrogen-bond acceptors (Lipinski definition) is 2. The Kier molecular flexibility index (Phi) is 8.95. The SMILES string of the molecule is CN=C(NCCc1cc(F)cc(F)c1)N1CCC(Oc2ccccc2)CC1.I. The van der Waals surface area contributed by atoms with E-state index in [1.807, 2.05) is 30.3 Å². The van der Waals surface area contributed by atoms with E-state index in [1.54, 1.807) is 7.05 Å². The van der Waals surface area contributed by atoms with Gasteiger partial charge in [0.2, 0.25) is 0 Å². The fourth-order valence-electron chi connectivity index (χ4n) is 3.28. The minimum absolute atomic E-state index is 0. The van der Waals surface area contributed by atoms with Crippen molar-refractivity contribution in [3.63, 3.8) is 0 Å². The predicted octanol–water partition coefficient (Wildman–Crippen LogP) is 4.24. The van der Waals surface area contributed by atoms with Gasteiger partial charge in [-0.3, -0.25) is 4.99 Å². The number of benzene rings is 2. The van der Waals surface area contributed by atoms with Crippen molar-refractivity contribution in [1.82, 2.24) is 10.2 Å². The van der Waals surface area contributed by atoms with Gasteiger partial charge in [-0.2, -0.15) is 0 Å². The first-order valence-electron chi connectivity index (χ1n) is 9.26. The van der Waals surface area contributed by atoms with Crippen LogP contribution in [-0.4, -0.2) is 43.6 Å². The maximum atomic E-state index is 13.3. The van der Waals surface area contributed by atoms with Crippen molar-refractivity contribution in [2.45, 2.75) is 25.4 Å². The normalized spacial score (nSPS) is 15.1. The summed E-state index contributed by atoms with van der Waals surface area (Å²) in [7, 11) is 1.75. The minimum Gasteiger partial charge on any atom is -0.490 e. The molecule has 1 heterocycles. The van der Waals surface area contributed by atoms with Gasteiger partial charge >= 0.3 is 0 Å². The van der Waals surface area contributed by atoms with Crippen molar-refractivity contribution in [2.24, 2.45) is 4.99 Å². The highest BCUT2D eigenvalue weighted by molar-refractivity contribution is 14.0. The Morgan fingerprint density at radius 1 is 1.11 bits per heavy atom. The Labute approximate surface area is 182 Å². The highest BCUT2D eigenvalue weighted by atomic mass is 127. The van der Waals surface area contributed by atoms with E-state index in [0.717, 1.165) is 43.7 Å². The smallest absolute Gasteiger partial charge is 0.193 e. The van der Waals surface area contributed by atoms with Crippen LogP contribution in [0.15, 0.2) is 53.5 Å². The summed E-state index contributed by atoms with van der Waals surface area (Å²) in [5.74, 6) is 0.621. The summed E-state index contributed by atoms with van der Waals surface area (Å²) in [6.07, 6.45) is 2.58. The molecule has 0 bridgehead atoms. The lowest BCUT2D eigenvalue weighted by atomic mass is 10.1. The lowest BCUT2D eigenvalue weighted by molar-refractivity contribution is 0.129. The molecule has 2 aromatic carbocycles. The number of ether oxygens (including phenoxy) is 1. The van der Waals surface area contributed by atoms with E-state index in [9.17, 15) is 8.78 Å². The van der Waals surface area contributed by atoms with Crippen LogP contribution in [0, 0.1) is 11.6 Å².